The summed E-state index contributed by atoms with van der Waals surface area (Å²) in [7, 11) is -3.30. The average Bonchev–Trinajstić information content (AvgIpc) is 2.29. The summed E-state index contributed by atoms with van der Waals surface area (Å²) < 4.78 is 26.0. The first-order valence-corrected chi connectivity index (χ1v) is 7.53. The molecule has 0 aromatic heterocycles. The minimum absolute atomic E-state index is 0.337. The topological polar surface area (TPSA) is 83.5 Å². The number of carboxylic acid groups (broad SMARTS) is 1. The molecule has 0 unspecified atom stereocenters. The van der Waals surface area contributed by atoms with Crippen LogP contribution in [-0.2, 0) is 14.8 Å². The van der Waals surface area contributed by atoms with Crippen LogP contribution < -0.4 is 4.72 Å². The van der Waals surface area contributed by atoms with Gasteiger partial charge in [0.05, 0.1) is 4.90 Å². The van der Waals surface area contributed by atoms with Crippen molar-refractivity contribution in [3.05, 3.63) is 29.8 Å². The van der Waals surface area contributed by atoms with Gasteiger partial charge in [0.15, 0.2) is 0 Å². The molecule has 0 fully saturated rings. The van der Waals surface area contributed by atoms with Crippen LogP contribution in [0.25, 0.3) is 0 Å². The third-order valence-corrected chi connectivity index (χ3v) is 3.63. The number of unbranched alkanes of at least 4 members (excludes halogenated alkanes) is 1. The highest BCUT2D eigenvalue weighted by atomic mass is 32.2. The van der Waals surface area contributed by atoms with E-state index in [1.54, 1.807) is 24.3 Å². The van der Waals surface area contributed by atoms with Crippen LogP contribution in [0.3, 0.4) is 0 Å². The second-order valence-corrected chi connectivity index (χ2v) is 5.85. The van der Waals surface area contributed by atoms with E-state index in [2.05, 4.69) is 4.72 Å². The van der Waals surface area contributed by atoms with E-state index in [9.17, 15) is 8.42 Å². The van der Waals surface area contributed by atoms with Gasteiger partial charge < -0.3 is 5.11 Å². The van der Waals surface area contributed by atoms with Gasteiger partial charge in [-0.15, -0.1) is 0 Å². The van der Waals surface area contributed by atoms with E-state index in [0.717, 1.165) is 25.3 Å². The standard InChI is InChI=1S/C11H17NO2S.C2H4O2/c1-3-4-9-12-15(13,14)11-7-5-10(2)6-8-11;1-2(3)4/h5-8,12H,3-4,9H2,1-2H3;1H3,(H,3,4). The Balaban J connectivity index is 0.000000711. The summed E-state index contributed by atoms with van der Waals surface area (Å²) in [5, 5.41) is 7.42. The van der Waals surface area contributed by atoms with Crippen molar-refractivity contribution in [2.75, 3.05) is 6.54 Å². The van der Waals surface area contributed by atoms with E-state index in [0.29, 0.717) is 11.4 Å². The van der Waals surface area contributed by atoms with E-state index in [-0.39, 0.29) is 0 Å². The van der Waals surface area contributed by atoms with Gasteiger partial charge in [0.1, 0.15) is 0 Å². The van der Waals surface area contributed by atoms with Crippen molar-refractivity contribution in [1.29, 1.82) is 0 Å². The van der Waals surface area contributed by atoms with Gasteiger partial charge in [-0.05, 0) is 25.5 Å². The molecule has 6 heteroatoms. The third kappa shape index (κ3) is 8.34. The van der Waals surface area contributed by atoms with Crippen LogP contribution in [0, 0.1) is 6.92 Å². The van der Waals surface area contributed by atoms with Gasteiger partial charge in [0.2, 0.25) is 10.0 Å². The fourth-order valence-corrected chi connectivity index (χ4v) is 2.26. The predicted molar refractivity (Wildman–Crippen MR) is 74.6 cm³/mol. The molecule has 0 amide bonds. The second kappa shape index (κ2) is 8.66. The summed E-state index contributed by atoms with van der Waals surface area (Å²) >= 11 is 0. The molecule has 0 heterocycles. The molecular formula is C13H21NO4S. The number of nitrogens with one attached hydrogen (secondary N) is 1. The largest absolute Gasteiger partial charge is 0.481 e. The molecule has 0 saturated heterocycles. The first-order valence-electron chi connectivity index (χ1n) is 6.05. The molecule has 0 aliphatic carbocycles. The van der Waals surface area contributed by atoms with Crippen molar-refractivity contribution in [1.82, 2.24) is 4.72 Å². The maximum Gasteiger partial charge on any atom is 0.300 e. The molecule has 0 bridgehead atoms. The van der Waals surface area contributed by atoms with Crippen LogP contribution in [0.1, 0.15) is 32.3 Å². The summed E-state index contributed by atoms with van der Waals surface area (Å²) in [5.41, 5.74) is 1.06. The molecule has 5 nitrogen and oxygen atoms in total. The summed E-state index contributed by atoms with van der Waals surface area (Å²) in [6.07, 6.45) is 1.85. The number of carbonyl (C=O) groups is 1. The number of aliphatic carboxylic acids is 1. The summed E-state index contributed by atoms with van der Waals surface area (Å²) in [6.45, 7) is 5.55. The third-order valence-electron chi connectivity index (χ3n) is 2.15. The molecule has 0 spiro atoms. The maximum atomic E-state index is 11.7. The van der Waals surface area contributed by atoms with Gasteiger partial charge in [-0.2, -0.15) is 0 Å². The Labute approximate surface area is 114 Å². The molecule has 1 aromatic rings. The summed E-state index contributed by atoms with van der Waals surface area (Å²) in [5.74, 6) is -0.833. The molecular weight excluding hydrogens is 266 g/mol. The van der Waals surface area contributed by atoms with Crippen LogP contribution >= 0.6 is 0 Å². The van der Waals surface area contributed by atoms with Gasteiger partial charge in [-0.25, -0.2) is 13.1 Å². The first kappa shape index (κ1) is 17.6. The highest BCUT2D eigenvalue weighted by Crippen LogP contribution is 2.09. The fraction of sp³-hybridized carbons (Fsp3) is 0.462. The lowest BCUT2D eigenvalue weighted by Crippen LogP contribution is -2.24. The van der Waals surface area contributed by atoms with Crippen LogP contribution in [0.4, 0.5) is 0 Å². The van der Waals surface area contributed by atoms with Gasteiger partial charge in [0.25, 0.3) is 5.97 Å². The Morgan fingerprint density at radius 1 is 1.26 bits per heavy atom. The van der Waals surface area contributed by atoms with Crippen molar-refractivity contribution in [2.24, 2.45) is 0 Å². The zero-order valence-electron chi connectivity index (χ0n) is 11.5. The highest BCUT2D eigenvalue weighted by Gasteiger charge is 2.11. The quantitative estimate of drug-likeness (QED) is 0.813. The Hall–Kier alpha value is -1.40. The molecule has 1 aromatic carbocycles. The van der Waals surface area contributed by atoms with Crippen molar-refractivity contribution in [3.8, 4) is 0 Å². The number of rotatable bonds is 5. The van der Waals surface area contributed by atoms with Crippen LogP contribution in [0.5, 0.6) is 0 Å². The lowest BCUT2D eigenvalue weighted by molar-refractivity contribution is -0.134. The molecule has 0 aliphatic rings. The minimum Gasteiger partial charge on any atom is -0.481 e. The van der Waals surface area contributed by atoms with Crippen LogP contribution in [0.2, 0.25) is 0 Å². The molecule has 108 valence electrons. The minimum atomic E-state index is -3.30. The molecule has 2 N–H and O–H groups in total. The van der Waals surface area contributed by atoms with Gasteiger partial charge in [0, 0.05) is 13.5 Å². The van der Waals surface area contributed by atoms with E-state index < -0.39 is 16.0 Å². The summed E-state index contributed by atoms with van der Waals surface area (Å²) in [6, 6.07) is 6.86. The van der Waals surface area contributed by atoms with Crippen LogP contribution in [0.15, 0.2) is 29.2 Å². The molecule has 0 saturated carbocycles. The molecule has 1 rings (SSSR count). The van der Waals surface area contributed by atoms with E-state index >= 15 is 0 Å². The number of aryl methyl sites for hydroxylation is 1. The molecule has 0 atom stereocenters. The SMILES string of the molecule is CC(=O)O.CCCCNS(=O)(=O)c1ccc(C)cc1. The Morgan fingerprint density at radius 3 is 2.16 bits per heavy atom. The van der Waals surface area contributed by atoms with Gasteiger partial charge in [-0.3, -0.25) is 4.79 Å². The predicted octanol–water partition coefficient (Wildman–Crippen LogP) is 2.16. The molecule has 0 radical (unpaired) electrons. The fourth-order valence-electron chi connectivity index (χ4n) is 1.18. The summed E-state index contributed by atoms with van der Waals surface area (Å²) in [4.78, 5) is 9.34. The Kier molecular flexibility index (Phi) is 8.02. The number of hydrogen-bond donors (Lipinski definition) is 2. The number of benzene rings is 1. The van der Waals surface area contributed by atoms with E-state index in [1.165, 1.54) is 0 Å². The average molecular weight is 287 g/mol. The normalized spacial score (nSPS) is 10.5. The monoisotopic (exact) mass is 287 g/mol. The van der Waals surface area contributed by atoms with Gasteiger partial charge >= 0.3 is 0 Å². The number of hydrogen-bond acceptors (Lipinski definition) is 3. The number of carboxylic acids is 1. The lowest BCUT2D eigenvalue weighted by atomic mass is 10.2. The van der Waals surface area contributed by atoms with E-state index in [1.807, 2.05) is 13.8 Å². The highest BCUT2D eigenvalue weighted by molar-refractivity contribution is 7.89. The maximum absolute atomic E-state index is 11.7. The van der Waals surface area contributed by atoms with Crippen molar-refractivity contribution < 1.29 is 18.3 Å². The van der Waals surface area contributed by atoms with Gasteiger partial charge in [-0.1, -0.05) is 31.0 Å². The molecule has 0 aliphatic heterocycles. The Morgan fingerprint density at radius 2 is 1.74 bits per heavy atom. The second-order valence-electron chi connectivity index (χ2n) is 4.08. The van der Waals surface area contributed by atoms with Crippen molar-refractivity contribution in [2.45, 2.75) is 38.5 Å². The zero-order chi connectivity index (χ0) is 14.9. The van der Waals surface area contributed by atoms with Crippen molar-refractivity contribution >= 4 is 16.0 Å². The smallest absolute Gasteiger partial charge is 0.300 e. The number of sulfonamides is 1. The van der Waals surface area contributed by atoms with Crippen LogP contribution in [-0.4, -0.2) is 26.0 Å². The Bertz CT molecular complexity index is 476. The van der Waals surface area contributed by atoms with E-state index in [4.69, 9.17) is 9.90 Å². The van der Waals surface area contributed by atoms with Crippen molar-refractivity contribution in [3.63, 3.8) is 0 Å². The molecule has 19 heavy (non-hydrogen) atoms. The first-order chi connectivity index (χ1) is 8.79. The lowest BCUT2D eigenvalue weighted by Gasteiger charge is -2.05. The zero-order valence-corrected chi connectivity index (χ0v) is 12.3.